The summed E-state index contributed by atoms with van der Waals surface area (Å²) in [5.41, 5.74) is 1.63. The van der Waals surface area contributed by atoms with Crippen molar-refractivity contribution in [1.82, 2.24) is 9.97 Å². The normalized spacial score (nSPS) is 10.5. The minimum atomic E-state index is -0.651. The zero-order valence-electron chi connectivity index (χ0n) is 11.9. The van der Waals surface area contributed by atoms with Crippen molar-refractivity contribution in [1.29, 1.82) is 0 Å². The molecule has 23 heavy (non-hydrogen) atoms. The van der Waals surface area contributed by atoms with E-state index in [1.165, 1.54) is 30.5 Å². The van der Waals surface area contributed by atoms with Gasteiger partial charge < -0.3 is 4.74 Å². The summed E-state index contributed by atoms with van der Waals surface area (Å²) < 4.78 is 18.0. The number of ether oxygens (including phenoxy) is 1. The minimum absolute atomic E-state index is 0.155. The lowest BCUT2D eigenvalue weighted by atomic mass is 10.1. The van der Waals surface area contributed by atoms with Crippen LogP contribution in [0.25, 0.3) is 11.0 Å². The van der Waals surface area contributed by atoms with Gasteiger partial charge in [-0.05, 0) is 30.3 Å². The summed E-state index contributed by atoms with van der Waals surface area (Å²) in [7, 11) is 0. The van der Waals surface area contributed by atoms with Gasteiger partial charge in [-0.1, -0.05) is 12.1 Å². The molecule has 5 nitrogen and oxygen atoms in total. The van der Waals surface area contributed by atoms with Gasteiger partial charge in [-0.25, -0.2) is 9.18 Å². The average Bonchev–Trinajstić information content (AvgIpc) is 2.59. The number of benzene rings is 2. The molecular formula is C17H11FN2O3. The zero-order chi connectivity index (χ0) is 16.2. The Morgan fingerprint density at radius 1 is 0.957 bits per heavy atom. The lowest BCUT2D eigenvalue weighted by Gasteiger charge is -2.05. The van der Waals surface area contributed by atoms with Crippen molar-refractivity contribution < 1.29 is 18.7 Å². The van der Waals surface area contributed by atoms with E-state index in [1.807, 2.05) is 0 Å². The molecule has 1 heterocycles. The highest BCUT2D eigenvalue weighted by Crippen LogP contribution is 2.12. The predicted molar refractivity (Wildman–Crippen MR) is 80.6 cm³/mol. The number of ketones is 1. The van der Waals surface area contributed by atoms with Gasteiger partial charge in [-0.15, -0.1) is 0 Å². The quantitative estimate of drug-likeness (QED) is 0.547. The smallest absolute Gasteiger partial charge is 0.338 e. The number of hydrogen-bond acceptors (Lipinski definition) is 5. The van der Waals surface area contributed by atoms with Gasteiger partial charge >= 0.3 is 5.97 Å². The van der Waals surface area contributed by atoms with E-state index < -0.39 is 24.2 Å². The summed E-state index contributed by atoms with van der Waals surface area (Å²) in [6, 6.07) is 9.95. The van der Waals surface area contributed by atoms with Gasteiger partial charge in [0.2, 0.25) is 0 Å². The lowest BCUT2D eigenvalue weighted by molar-refractivity contribution is 0.0475. The molecule has 114 valence electrons. The molecule has 0 aliphatic carbocycles. The molecule has 0 bridgehead atoms. The van der Waals surface area contributed by atoms with E-state index in [1.54, 1.807) is 18.3 Å². The summed E-state index contributed by atoms with van der Waals surface area (Å²) in [5.74, 6) is -1.64. The summed E-state index contributed by atoms with van der Waals surface area (Å²) >= 11 is 0. The van der Waals surface area contributed by atoms with Crippen LogP contribution < -0.4 is 0 Å². The van der Waals surface area contributed by atoms with Gasteiger partial charge in [0.05, 0.1) is 16.6 Å². The van der Waals surface area contributed by atoms with E-state index in [4.69, 9.17) is 4.74 Å². The summed E-state index contributed by atoms with van der Waals surface area (Å²) in [6.07, 6.45) is 3.07. The molecular weight excluding hydrogens is 299 g/mol. The average molecular weight is 310 g/mol. The number of rotatable bonds is 4. The second-order valence-electron chi connectivity index (χ2n) is 4.77. The topological polar surface area (TPSA) is 69.2 Å². The zero-order valence-corrected chi connectivity index (χ0v) is 11.9. The fraction of sp³-hybridized carbons (Fsp3) is 0.0588. The van der Waals surface area contributed by atoms with E-state index in [9.17, 15) is 14.0 Å². The van der Waals surface area contributed by atoms with Gasteiger partial charge in [0.15, 0.2) is 12.4 Å². The molecule has 2 aromatic carbocycles. The van der Waals surface area contributed by atoms with Crippen LogP contribution in [0.5, 0.6) is 0 Å². The molecule has 0 N–H and O–H groups in total. The van der Waals surface area contributed by atoms with E-state index in [0.717, 1.165) is 6.07 Å². The first kappa shape index (κ1) is 14.8. The molecule has 0 fully saturated rings. The third-order valence-electron chi connectivity index (χ3n) is 3.19. The van der Waals surface area contributed by atoms with Crippen LogP contribution >= 0.6 is 0 Å². The molecule has 0 spiro atoms. The van der Waals surface area contributed by atoms with Gasteiger partial charge in [0.25, 0.3) is 0 Å². The van der Waals surface area contributed by atoms with Crippen molar-refractivity contribution in [2.24, 2.45) is 0 Å². The van der Waals surface area contributed by atoms with Crippen molar-refractivity contribution in [3.8, 4) is 0 Å². The Labute approximate surface area is 130 Å². The molecule has 6 heteroatoms. The number of Topliss-reactive ketones (excluding diaryl/α,β-unsaturated/α-hetero) is 1. The molecule has 0 amide bonds. The largest absolute Gasteiger partial charge is 0.454 e. The second-order valence-corrected chi connectivity index (χ2v) is 4.77. The Bertz CT molecular complexity index is 896. The first-order valence-electron chi connectivity index (χ1n) is 6.80. The predicted octanol–water partition coefficient (Wildman–Crippen LogP) is 2.81. The fourth-order valence-electron chi connectivity index (χ4n) is 2.05. The molecule has 0 saturated heterocycles. The fourth-order valence-corrected chi connectivity index (χ4v) is 2.05. The maximum atomic E-state index is 13.1. The van der Waals surface area contributed by atoms with Crippen LogP contribution in [0.4, 0.5) is 4.39 Å². The highest BCUT2D eigenvalue weighted by Gasteiger charge is 2.13. The Hall–Kier alpha value is -3.15. The number of nitrogens with zero attached hydrogens (tertiary/aromatic N) is 2. The lowest BCUT2D eigenvalue weighted by Crippen LogP contribution is -2.14. The summed E-state index contributed by atoms with van der Waals surface area (Å²) in [6.45, 7) is -0.458. The number of hydrogen-bond donors (Lipinski definition) is 0. The Morgan fingerprint density at radius 3 is 2.52 bits per heavy atom. The Morgan fingerprint density at radius 2 is 1.74 bits per heavy atom. The number of aromatic nitrogens is 2. The first-order valence-corrected chi connectivity index (χ1v) is 6.80. The van der Waals surface area contributed by atoms with E-state index in [2.05, 4.69) is 9.97 Å². The number of fused-ring (bicyclic) bond motifs is 1. The molecule has 0 saturated carbocycles. The number of esters is 1. The van der Waals surface area contributed by atoms with Crippen molar-refractivity contribution in [3.63, 3.8) is 0 Å². The van der Waals surface area contributed by atoms with Crippen LogP contribution in [-0.4, -0.2) is 28.3 Å². The van der Waals surface area contributed by atoms with Crippen LogP contribution in [-0.2, 0) is 4.74 Å². The highest BCUT2D eigenvalue weighted by molar-refractivity contribution is 6.00. The number of carbonyl (C=O) groups excluding carboxylic acids is 2. The molecule has 3 aromatic rings. The summed E-state index contributed by atoms with van der Waals surface area (Å²) in [5, 5.41) is 0. The minimum Gasteiger partial charge on any atom is -0.454 e. The molecule has 0 radical (unpaired) electrons. The third kappa shape index (κ3) is 3.37. The van der Waals surface area contributed by atoms with Gasteiger partial charge in [-0.3, -0.25) is 14.8 Å². The van der Waals surface area contributed by atoms with Crippen molar-refractivity contribution in [3.05, 3.63) is 71.8 Å². The van der Waals surface area contributed by atoms with Crippen molar-refractivity contribution in [2.75, 3.05) is 6.61 Å². The Kier molecular flexibility index (Phi) is 4.05. The van der Waals surface area contributed by atoms with Crippen LogP contribution in [0.15, 0.2) is 54.9 Å². The van der Waals surface area contributed by atoms with Crippen molar-refractivity contribution >= 4 is 22.8 Å². The molecule has 0 unspecified atom stereocenters. The van der Waals surface area contributed by atoms with E-state index >= 15 is 0 Å². The molecule has 0 aliphatic heterocycles. The first-order chi connectivity index (χ1) is 11.1. The standard InChI is InChI=1S/C17H11FN2O3/c18-13-3-1-2-11(8-13)16(21)10-23-17(22)12-4-5-14-15(9-12)20-7-6-19-14/h1-9H,10H2. The second kappa shape index (κ2) is 6.31. The van der Waals surface area contributed by atoms with Gasteiger partial charge in [0.1, 0.15) is 5.82 Å². The van der Waals surface area contributed by atoms with Gasteiger partial charge in [0, 0.05) is 18.0 Å². The monoisotopic (exact) mass is 310 g/mol. The third-order valence-corrected chi connectivity index (χ3v) is 3.19. The summed E-state index contributed by atoms with van der Waals surface area (Å²) in [4.78, 5) is 32.1. The van der Waals surface area contributed by atoms with E-state index in [0.29, 0.717) is 11.0 Å². The maximum Gasteiger partial charge on any atom is 0.338 e. The van der Waals surface area contributed by atoms with Crippen LogP contribution in [0, 0.1) is 5.82 Å². The van der Waals surface area contributed by atoms with Crippen molar-refractivity contribution in [2.45, 2.75) is 0 Å². The molecule has 0 atom stereocenters. The van der Waals surface area contributed by atoms with Crippen LogP contribution in [0.2, 0.25) is 0 Å². The Balaban J connectivity index is 1.69. The highest BCUT2D eigenvalue weighted by atomic mass is 19.1. The molecule has 0 aliphatic rings. The SMILES string of the molecule is O=C(COC(=O)c1ccc2nccnc2c1)c1cccc(F)c1. The van der Waals surface area contributed by atoms with Crippen LogP contribution in [0.1, 0.15) is 20.7 Å². The van der Waals surface area contributed by atoms with E-state index in [-0.39, 0.29) is 11.1 Å². The maximum absolute atomic E-state index is 13.1. The number of carbonyl (C=O) groups is 2. The van der Waals surface area contributed by atoms with Crippen LogP contribution in [0.3, 0.4) is 0 Å². The molecule has 3 rings (SSSR count). The van der Waals surface area contributed by atoms with Gasteiger partial charge in [-0.2, -0.15) is 0 Å². The number of halogens is 1. The molecule has 1 aromatic heterocycles.